The summed E-state index contributed by atoms with van der Waals surface area (Å²) in [5, 5.41) is 0. The van der Waals surface area contributed by atoms with Gasteiger partial charge in [-0.3, -0.25) is 0 Å². The van der Waals surface area contributed by atoms with Crippen molar-refractivity contribution >= 4 is 18.1 Å². The molecule has 0 radical (unpaired) electrons. The Balaban J connectivity index is 0.00000210. The minimum Gasteiger partial charge on any atom is -0.379 e. The molecule has 0 unspecified atom stereocenters. The zero-order chi connectivity index (χ0) is 17.8. The third-order valence-corrected chi connectivity index (χ3v) is 7.36. The molecule has 0 amide bonds. The number of anilines is 1. The lowest BCUT2D eigenvalue weighted by Crippen LogP contribution is -2.59. The predicted molar refractivity (Wildman–Crippen MR) is 116 cm³/mol. The third kappa shape index (κ3) is 4.31. The van der Waals surface area contributed by atoms with E-state index in [0.717, 1.165) is 19.0 Å². The maximum atomic E-state index is 6.01. The van der Waals surface area contributed by atoms with Crippen molar-refractivity contribution in [2.75, 3.05) is 31.6 Å². The van der Waals surface area contributed by atoms with Gasteiger partial charge in [0, 0.05) is 38.5 Å². The summed E-state index contributed by atoms with van der Waals surface area (Å²) in [7, 11) is 1.92. The summed E-state index contributed by atoms with van der Waals surface area (Å²) >= 11 is 0. The highest BCUT2D eigenvalue weighted by Gasteiger charge is 2.51. The van der Waals surface area contributed by atoms with Gasteiger partial charge in [0.1, 0.15) is 0 Å². The van der Waals surface area contributed by atoms with E-state index in [1.807, 2.05) is 7.11 Å². The van der Waals surface area contributed by atoms with Gasteiger partial charge in [-0.05, 0) is 44.2 Å². The lowest BCUT2D eigenvalue weighted by Gasteiger charge is -2.50. The van der Waals surface area contributed by atoms with Gasteiger partial charge in [0.25, 0.3) is 0 Å². The van der Waals surface area contributed by atoms with Gasteiger partial charge >= 0.3 is 0 Å². The molecule has 0 aromatic heterocycles. The molecule has 1 spiro atoms. The Morgan fingerprint density at radius 3 is 2.11 bits per heavy atom. The summed E-state index contributed by atoms with van der Waals surface area (Å²) in [6.07, 6.45) is 14.1. The van der Waals surface area contributed by atoms with Gasteiger partial charge in [-0.1, -0.05) is 50.3 Å². The van der Waals surface area contributed by atoms with Crippen LogP contribution in [-0.4, -0.2) is 49.3 Å². The van der Waals surface area contributed by atoms with Gasteiger partial charge in [0.2, 0.25) is 0 Å². The number of halogens is 1. The Hall–Kier alpha value is -0.770. The summed E-state index contributed by atoms with van der Waals surface area (Å²) in [6, 6.07) is 11.9. The smallest absolute Gasteiger partial charge is 0.0820 e. The minimum atomic E-state index is 0. The van der Waals surface area contributed by atoms with Crippen molar-refractivity contribution in [1.82, 2.24) is 4.90 Å². The first kappa shape index (κ1) is 21.0. The topological polar surface area (TPSA) is 15.7 Å². The lowest BCUT2D eigenvalue weighted by molar-refractivity contribution is 0.00947. The van der Waals surface area contributed by atoms with Crippen LogP contribution in [0.4, 0.5) is 5.69 Å². The number of hydrogen-bond donors (Lipinski definition) is 0. The molecule has 4 heteroatoms. The Morgan fingerprint density at radius 1 is 0.852 bits per heavy atom. The van der Waals surface area contributed by atoms with E-state index in [0.29, 0.717) is 6.10 Å². The second kappa shape index (κ2) is 9.62. The van der Waals surface area contributed by atoms with Crippen molar-refractivity contribution < 1.29 is 4.74 Å². The zero-order valence-corrected chi connectivity index (χ0v) is 17.8. The number of likely N-dealkylation sites (tertiary alicyclic amines) is 1. The molecule has 1 aliphatic carbocycles. The van der Waals surface area contributed by atoms with E-state index in [2.05, 4.69) is 40.1 Å². The van der Waals surface area contributed by atoms with Gasteiger partial charge in [0.15, 0.2) is 0 Å². The second-order valence-electron chi connectivity index (χ2n) is 8.64. The highest BCUT2D eigenvalue weighted by molar-refractivity contribution is 5.85. The molecule has 3 fully saturated rings. The van der Waals surface area contributed by atoms with Gasteiger partial charge in [-0.25, -0.2) is 0 Å². The number of hydrogen-bond acceptors (Lipinski definition) is 3. The maximum absolute atomic E-state index is 6.01. The van der Waals surface area contributed by atoms with Crippen LogP contribution in [0.25, 0.3) is 0 Å². The van der Waals surface area contributed by atoms with Crippen LogP contribution >= 0.6 is 12.4 Å². The molecule has 1 saturated carbocycles. The maximum Gasteiger partial charge on any atom is 0.0820 e. The van der Waals surface area contributed by atoms with Gasteiger partial charge in [-0.15, -0.1) is 12.4 Å². The Morgan fingerprint density at radius 2 is 1.48 bits per heavy atom. The number of ether oxygens (including phenoxy) is 1. The van der Waals surface area contributed by atoms with Crippen LogP contribution in [0.3, 0.4) is 0 Å². The van der Waals surface area contributed by atoms with Crippen LogP contribution in [0, 0.1) is 0 Å². The van der Waals surface area contributed by atoms with Crippen LogP contribution in [0.15, 0.2) is 30.3 Å². The van der Waals surface area contributed by atoms with Crippen molar-refractivity contribution in [3.63, 3.8) is 0 Å². The summed E-state index contributed by atoms with van der Waals surface area (Å²) < 4.78 is 6.01. The first-order chi connectivity index (χ1) is 12.8. The molecular formula is C23H37ClN2O. The molecule has 3 nitrogen and oxygen atoms in total. The Kier molecular flexibility index (Phi) is 7.47. The molecule has 0 bridgehead atoms. The Labute approximate surface area is 171 Å². The van der Waals surface area contributed by atoms with E-state index >= 15 is 0 Å². The van der Waals surface area contributed by atoms with E-state index in [1.165, 1.54) is 76.6 Å². The minimum absolute atomic E-state index is 0. The van der Waals surface area contributed by atoms with E-state index in [9.17, 15) is 0 Å². The molecule has 1 atom stereocenters. The molecule has 0 N–H and O–H groups in total. The molecule has 27 heavy (non-hydrogen) atoms. The summed E-state index contributed by atoms with van der Waals surface area (Å²) in [4.78, 5) is 5.50. The first-order valence-corrected chi connectivity index (χ1v) is 10.9. The lowest BCUT2D eigenvalue weighted by atomic mass is 9.81. The molecular weight excluding hydrogens is 356 g/mol. The van der Waals surface area contributed by atoms with E-state index in [1.54, 1.807) is 0 Å². The van der Waals surface area contributed by atoms with Crippen molar-refractivity contribution in [1.29, 1.82) is 0 Å². The van der Waals surface area contributed by atoms with Gasteiger partial charge < -0.3 is 14.5 Å². The number of rotatable bonds is 3. The third-order valence-electron chi connectivity index (χ3n) is 7.36. The number of benzene rings is 1. The van der Waals surface area contributed by atoms with Crippen LogP contribution in [0.2, 0.25) is 0 Å². The summed E-state index contributed by atoms with van der Waals surface area (Å²) in [5.41, 5.74) is 1.58. The van der Waals surface area contributed by atoms with Crippen molar-refractivity contribution in [3.8, 4) is 0 Å². The molecule has 4 rings (SSSR count). The first-order valence-electron chi connectivity index (χ1n) is 10.9. The average molecular weight is 393 g/mol. The highest BCUT2D eigenvalue weighted by Crippen LogP contribution is 2.43. The van der Waals surface area contributed by atoms with Crippen molar-refractivity contribution in [2.24, 2.45) is 0 Å². The van der Waals surface area contributed by atoms with Crippen LogP contribution in [0.1, 0.15) is 64.2 Å². The number of piperidine rings is 1. The van der Waals surface area contributed by atoms with E-state index in [4.69, 9.17) is 4.74 Å². The van der Waals surface area contributed by atoms with E-state index in [-0.39, 0.29) is 17.9 Å². The molecule has 2 saturated heterocycles. The largest absolute Gasteiger partial charge is 0.379 e. The van der Waals surface area contributed by atoms with Crippen LogP contribution < -0.4 is 4.90 Å². The average Bonchev–Trinajstić information content (AvgIpc) is 3.01. The second-order valence-corrected chi connectivity index (χ2v) is 8.64. The zero-order valence-electron chi connectivity index (χ0n) is 16.9. The van der Waals surface area contributed by atoms with Crippen molar-refractivity contribution in [3.05, 3.63) is 30.3 Å². The molecule has 3 aliphatic rings. The molecule has 2 heterocycles. The number of methoxy groups -OCH3 is 1. The quantitative estimate of drug-likeness (QED) is 0.695. The molecule has 2 aliphatic heterocycles. The van der Waals surface area contributed by atoms with Crippen LogP contribution in [-0.2, 0) is 4.74 Å². The SMILES string of the molecule is CO[C@H]1CCN(c2ccccc2)C12CCN(C1CCCCCCC1)CC2.Cl. The number of nitrogens with zero attached hydrogens (tertiary/aromatic N) is 2. The summed E-state index contributed by atoms with van der Waals surface area (Å²) in [5.74, 6) is 0. The fourth-order valence-electron chi connectivity index (χ4n) is 5.91. The molecule has 1 aromatic carbocycles. The summed E-state index contributed by atoms with van der Waals surface area (Å²) in [6.45, 7) is 3.62. The highest BCUT2D eigenvalue weighted by atomic mass is 35.5. The van der Waals surface area contributed by atoms with Gasteiger partial charge in [-0.2, -0.15) is 0 Å². The van der Waals surface area contributed by atoms with Crippen molar-refractivity contribution in [2.45, 2.75) is 81.9 Å². The monoisotopic (exact) mass is 392 g/mol. The number of para-hydroxylation sites is 1. The standard InChI is InChI=1S/C23H36N2O.ClH/c1-26-22-14-17-25(21-12-8-5-9-13-21)23(22)15-18-24(19-16-23)20-10-6-3-2-4-7-11-20;/h5,8-9,12-13,20,22H,2-4,6-7,10-11,14-19H2,1H3;1H/t22-;/m0./s1. The van der Waals surface area contributed by atoms with Crippen LogP contribution in [0.5, 0.6) is 0 Å². The molecule has 152 valence electrons. The molecule has 1 aromatic rings. The predicted octanol–water partition coefficient (Wildman–Crippen LogP) is 5.28. The Bertz CT molecular complexity index is 551. The normalized spacial score (nSPS) is 27.1. The van der Waals surface area contributed by atoms with Gasteiger partial charge in [0.05, 0.1) is 11.6 Å². The fraction of sp³-hybridized carbons (Fsp3) is 0.739. The fourth-order valence-corrected chi connectivity index (χ4v) is 5.91. The van der Waals surface area contributed by atoms with E-state index < -0.39 is 0 Å².